The second kappa shape index (κ2) is 6.54. The van der Waals surface area contributed by atoms with Crippen molar-refractivity contribution in [2.24, 2.45) is 0 Å². The Balaban J connectivity index is 1.47. The van der Waals surface area contributed by atoms with Gasteiger partial charge >= 0.3 is 7.04 Å². The lowest BCUT2D eigenvalue weighted by atomic mass is 9.98. The van der Waals surface area contributed by atoms with E-state index in [1.165, 1.54) is 17.0 Å². The first-order valence-corrected chi connectivity index (χ1v) is 10.1. The lowest BCUT2D eigenvalue weighted by Gasteiger charge is -2.27. The highest BCUT2D eigenvalue weighted by Crippen LogP contribution is 2.33. The minimum absolute atomic E-state index is 0.171. The Kier molecular flexibility index (Phi) is 3.77. The smallest absolute Gasteiger partial charge is 0.599 e. The van der Waals surface area contributed by atoms with Crippen molar-refractivity contribution in [2.45, 2.75) is 0 Å². The number of pyridine rings is 1. The number of nitrogens with zero attached hydrogens (tertiary/aromatic N) is 2. The Morgan fingerprint density at radius 3 is 2.00 bits per heavy atom. The molecule has 6 rings (SSSR count). The summed E-state index contributed by atoms with van der Waals surface area (Å²) in [6.07, 6.45) is 2.99. The number of para-hydroxylation sites is 2. The van der Waals surface area contributed by atoms with Crippen molar-refractivity contribution in [2.75, 3.05) is 0 Å². The molecule has 0 aliphatic carbocycles. The first kappa shape index (κ1) is 17.9. The van der Waals surface area contributed by atoms with Gasteiger partial charge in [-0.2, -0.15) is 0 Å². The van der Waals surface area contributed by atoms with E-state index >= 15 is 0 Å². The summed E-state index contributed by atoms with van der Waals surface area (Å²) in [5.41, 5.74) is 4.19. The molecule has 150 valence electrons. The van der Waals surface area contributed by atoms with Crippen molar-refractivity contribution in [3.05, 3.63) is 108 Å². The van der Waals surface area contributed by atoms with Crippen LogP contribution in [0, 0.1) is 0 Å². The Labute approximate surface area is 177 Å². The topological polar surface area (TPSA) is 18.0 Å². The lowest BCUT2D eigenvalue weighted by Crippen LogP contribution is -2.63. The molecule has 3 heterocycles. The lowest BCUT2D eigenvalue weighted by molar-refractivity contribution is -0.583. The van der Waals surface area contributed by atoms with Gasteiger partial charge in [-0.25, -0.2) is 0 Å². The van der Waals surface area contributed by atoms with Gasteiger partial charge in [-0.3, -0.25) is 0 Å². The van der Waals surface area contributed by atoms with E-state index in [-0.39, 0.29) is 5.76 Å². The summed E-state index contributed by atoms with van der Waals surface area (Å²) in [6.45, 7) is 0. The average molecular weight is 410 g/mol. The van der Waals surface area contributed by atoms with Gasteiger partial charge in [0.2, 0.25) is 0 Å². The molecular formula is C25H17BF2N2O. The van der Waals surface area contributed by atoms with E-state index < -0.39 is 7.04 Å². The molecule has 1 aliphatic heterocycles. The zero-order chi connectivity index (χ0) is 21.0. The van der Waals surface area contributed by atoms with E-state index in [0.717, 1.165) is 21.2 Å². The van der Waals surface area contributed by atoms with Crippen LogP contribution in [0.15, 0.2) is 97.2 Å². The number of hydrogen-bond donors (Lipinski definition) is 0. The van der Waals surface area contributed by atoms with Crippen molar-refractivity contribution in [3.8, 4) is 5.69 Å². The molecule has 0 saturated carbocycles. The van der Waals surface area contributed by atoms with Gasteiger partial charge in [0.25, 0.3) is 0 Å². The average Bonchev–Trinajstić information content (AvgIpc) is 3.13. The predicted molar refractivity (Wildman–Crippen MR) is 120 cm³/mol. The summed E-state index contributed by atoms with van der Waals surface area (Å²) in [4.78, 5) is 0. The van der Waals surface area contributed by atoms with Gasteiger partial charge in [-0.15, -0.1) is 0 Å². The molecule has 31 heavy (non-hydrogen) atoms. The van der Waals surface area contributed by atoms with Crippen LogP contribution in [-0.4, -0.2) is 11.6 Å². The van der Waals surface area contributed by atoms with E-state index in [0.29, 0.717) is 11.3 Å². The van der Waals surface area contributed by atoms with Crippen LogP contribution < -0.4 is 4.48 Å². The number of rotatable bonds is 2. The van der Waals surface area contributed by atoms with Crippen molar-refractivity contribution < 1.29 is 17.8 Å². The summed E-state index contributed by atoms with van der Waals surface area (Å²) >= 11 is 0. The minimum Gasteiger partial charge on any atom is -0.599 e. The van der Waals surface area contributed by atoms with Crippen LogP contribution in [0.25, 0.3) is 39.3 Å². The number of aromatic nitrogens is 2. The molecule has 0 spiro atoms. The second-order valence-electron chi connectivity index (χ2n) is 7.64. The molecule has 0 radical (unpaired) electrons. The fraction of sp³-hybridized carbons (Fsp3) is 0. The standard InChI is InChI=1S/C25H17BF2N2O/c27-26(28)29-16-6-5-7-20(29)17-25(31-26)18-12-14-19(15-13-18)30-23-10-3-1-8-21(23)22-9-2-4-11-24(22)30/h1-17H. The third-order valence-electron chi connectivity index (χ3n) is 5.78. The van der Waals surface area contributed by atoms with E-state index in [4.69, 9.17) is 4.65 Å². The van der Waals surface area contributed by atoms with Crippen LogP contribution in [0.3, 0.4) is 0 Å². The second-order valence-corrected chi connectivity index (χ2v) is 7.64. The van der Waals surface area contributed by atoms with Crippen LogP contribution >= 0.6 is 0 Å². The maximum absolute atomic E-state index is 14.5. The van der Waals surface area contributed by atoms with Gasteiger partial charge in [0, 0.05) is 34.2 Å². The largest absolute Gasteiger partial charge is 0.834 e. The Bertz CT molecular complexity index is 1440. The van der Waals surface area contributed by atoms with Gasteiger partial charge in [-0.05, 0) is 42.5 Å². The summed E-state index contributed by atoms with van der Waals surface area (Å²) in [7, 11) is -4.16. The van der Waals surface area contributed by atoms with Crippen molar-refractivity contribution in [1.82, 2.24) is 4.57 Å². The van der Waals surface area contributed by atoms with Gasteiger partial charge in [0.15, 0.2) is 5.69 Å². The van der Waals surface area contributed by atoms with Gasteiger partial charge in [0.1, 0.15) is 6.20 Å². The molecule has 2 aromatic heterocycles. The SMILES string of the molecule is F[B-]1(F)OC(c2ccc(-n3c4ccccc4c4ccccc43)cc2)=Cc2cccc[n+]21. The van der Waals surface area contributed by atoms with Crippen LogP contribution in [0.4, 0.5) is 8.63 Å². The molecule has 1 aliphatic rings. The number of benzene rings is 3. The first-order valence-electron chi connectivity index (χ1n) is 10.1. The van der Waals surface area contributed by atoms with E-state index in [1.807, 2.05) is 48.5 Å². The predicted octanol–water partition coefficient (Wildman–Crippen LogP) is 5.82. The number of hydrogen-bond acceptors (Lipinski definition) is 1. The first-order chi connectivity index (χ1) is 15.1. The maximum Gasteiger partial charge on any atom is 0.834 e. The summed E-state index contributed by atoms with van der Waals surface area (Å²) in [6, 6.07) is 29.0. The molecule has 0 saturated heterocycles. The molecule has 0 N–H and O–H groups in total. The highest BCUT2D eigenvalue weighted by Gasteiger charge is 2.49. The Morgan fingerprint density at radius 2 is 1.32 bits per heavy atom. The molecule has 0 bridgehead atoms. The molecule has 5 aromatic rings. The quantitative estimate of drug-likeness (QED) is 0.336. The van der Waals surface area contributed by atoms with Gasteiger partial charge in [-0.1, -0.05) is 42.5 Å². The molecule has 0 atom stereocenters. The Hall–Kier alpha value is -3.93. The molecule has 0 unspecified atom stereocenters. The fourth-order valence-corrected chi connectivity index (χ4v) is 4.37. The molecule has 3 aromatic carbocycles. The monoisotopic (exact) mass is 410 g/mol. The molecule has 3 nitrogen and oxygen atoms in total. The summed E-state index contributed by atoms with van der Waals surface area (Å²) in [5.74, 6) is 0.171. The summed E-state index contributed by atoms with van der Waals surface area (Å²) < 4.78 is 37.3. The minimum atomic E-state index is -4.16. The highest BCUT2D eigenvalue weighted by atomic mass is 19.3. The van der Waals surface area contributed by atoms with Crippen LogP contribution in [0.5, 0.6) is 0 Å². The van der Waals surface area contributed by atoms with Crippen molar-refractivity contribution >= 4 is 40.7 Å². The Morgan fingerprint density at radius 1 is 0.710 bits per heavy atom. The molecular weight excluding hydrogens is 393 g/mol. The van der Waals surface area contributed by atoms with Gasteiger partial charge < -0.3 is 22.3 Å². The maximum atomic E-state index is 14.5. The number of fused-ring (bicyclic) bond motifs is 4. The van der Waals surface area contributed by atoms with Gasteiger partial charge in [0.05, 0.1) is 16.8 Å². The zero-order valence-electron chi connectivity index (χ0n) is 16.5. The third kappa shape index (κ3) is 2.75. The fourth-order valence-electron chi connectivity index (χ4n) is 4.37. The van der Waals surface area contributed by atoms with E-state index in [1.54, 1.807) is 24.3 Å². The number of halogens is 2. The molecule has 0 fully saturated rings. The molecule has 6 heteroatoms. The third-order valence-corrected chi connectivity index (χ3v) is 5.78. The zero-order valence-corrected chi connectivity index (χ0v) is 16.5. The van der Waals surface area contributed by atoms with Crippen LogP contribution in [0.2, 0.25) is 0 Å². The van der Waals surface area contributed by atoms with E-state index in [9.17, 15) is 8.63 Å². The van der Waals surface area contributed by atoms with Crippen molar-refractivity contribution in [3.63, 3.8) is 0 Å². The van der Waals surface area contributed by atoms with Crippen LogP contribution in [0.1, 0.15) is 11.3 Å². The normalized spacial score (nSPS) is 14.8. The van der Waals surface area contributed by atoms with Crippen molar-refractivity contribution in [1.29, 1.82) is 0 Å². The van der Waals surface area contributed by atoms with Crippen LogP contribution in [-0.2, 0) is 4.65 Å². The molecule has 0 amide bonds. The van der Waals surface area contributed by atoms with E-state index in [2.05, 4.69) is 28.8 Å². The highest BCUT2D eigenvalue weighted by molar-refractivity contribution is 6.51. The summed E-state index contributed by atoms with van der Waals surface area (Å²) in [5, 5.41) is 2.35.